The fourth-order valence-corrected chi connectivity index (χ4v) is 1.68. The van der Waals surface area contributed by atoms with Gasteiger partial charge in [0.25, 0.3) is 0 Å². The van der Waals surface area contributed by atoms with Gasteiger partial charge in [0.2, 0.25) is 5.91 Å². The van der Waals surface area contributed by atoms with Gasteiger partial charge in [-0.1, -0.05) is 0 Å². The molecule has 1 saturated carbocycles. The monoisotopic (exact) mass is 216 g/mol. The van der Waals surface area contributed by atoms with Crippen LogP contribution in [0.1, 0.15) is 19.3 Å². The summed E-state index contributed by atoms with van der Waals surface area (Å²) in [6.45, 7) is -0.250. The first kappa shape index (κ1) is 11.9. The molecule has 1 aliphatic carbocycles. The molecule has 0 bridgehead atoms. The van der Waals surface area contributed by atoms with E-state index >= 15 is 0 Å². The van der Waals surface area contributed by atoms with Crippen LogP contribution >= 0.6 is 0 Å². The molecule has 5 N–H and O–H groups in total. The summed E-state index contributed by atoms with van der Waals surface area (Å²) >= 11 is 0. The van der Waals surface area contributed by atoms with Gasteiger partial charge in [0.05, 0.1) is 6.54 Å². The predicted octanol–water partition coefficient (Wildman–Crippen LogP) is -1.32. The van der Waals surface area contributed by atoms with Crippen molar-refractivity contribution in [3.05, 3.63) is 0 Å². The summed E-state index contributed by atoms with van der Waals surface area (Å²) in [6, 6.07) is 0.0603. The number of aliphatic carboxylic acids is 1. The maximum Gasteiger partial charge on any atom is 0.334 e. The Hall–Kier alpha value is -1.14. The zero-order valence-corrected chi connectivity index (χ0v) is 8.35. The van der Waals surface area contributed by atoms with E-state index in [0.29, 0.717) is 6.42 Å². The van der Waals surface area contributed by atoms with Crippen LogP contribution in [0.2, 0.25) is 0 Å². The minimum Gasteiger partial charge on any atom is -0.479 e. The highest BCUT2D eigenvalue weighted by Gasteiger charge is 2.28. The van der Waals surface area contributed by atoms with Crippen LogP contribution in [0, 0.1) is 5.92 Å². The predicted molar refractivity (Wildman–Crippen MR) is 52.0 cm³/mol. The molecule has 0 radical (unpaired) electrons. The summed E-state index contributed by atoms with van der Waals surface area (Å²) in [7, 11) is 0. The molecular weight excluding hydrogens is 200 g/mol. The number of carboxylic acid groups (broad SMARTS) is 1. The number of carbonyl (C=O) groups excluding carboxylic acids is 1. The Bertz CT molecular complexity index is 256. The van der Waals surface area contributed by atoms with E-state index in [0.717, 1.165) is 12.8 Å². The molecule has 3 atom stereocenters. The molecule has 6 nitrogen and oxygen atoms in total. The molecule has 0 aromatic heterocycles. The van der Waals surface area contributed by atoms with Crippen LogP contribution in [0.25, 0.3) is 0 Å². The molecule has 86 valence electrons. The summed E-state index contributed by atoms with van der Waals surface area (Å²) in [5, 5.41) is 19.7. The summed E-state index contributed by atoms with van der Waals surface area (Å²) in [4.78, 5) is 21.7. The molecule has 1 fully saturated rings. The van der Waals surface area contributed by atoms with Crippen LogP contribution < -0.4 is 11.1 Å². The molecule has 15 heavy (non-hydrogen) atoms. The number of aliphatic hydroxyl groups excluding tert-OH is 1. The largest absolute Gasteiger partial charge is 0.479 e. The topological polar surface area (TPSA) is 113 Å². The number of amides is 1. The van der Waals surface area contributed by atoms with E-state index in [2.05, 4.69) is 5.32 Å². The second kappa shape index (κ2) is 5.09. The van der Waals surface area contributed by atoms with Gasteiger partial charge in [-0.05, 0) is 19.3 Å². The van der Waals surface area contributed by atoms with Crippen LogP contribution in [-0.4, -0.2) is 40.8 Å². The van der Waals surface area contributed by atoms with Gasteiger partial charge in [0.1, 0.15) is 0 Å². The maximum absolute atomic E-state index is 11.4. The number of nitrogens with one attached hydrogen (secondary N) is 1. The lowest BCUT2D eigenvalue weighted by Gasteiger charge is -2.11. The quantitative estimate of drug-likeness (QED) is 0.465. The molecule has 3 unspecified atom stereocenters. The highest BCUT2D eigenvalue weighted by Crippen LogP contribution is 2.23. The molecule has 1 aliphatic rings. The lowest BCUT2D eigenvalue weighted by Crippen LogP contribution is -2.39. The Balaban J connectivity index is 2.27. The summed E-state index contributed by atoms with van der Waals surface area (Å²) in [5.41, 5.74) is 5.64. The Morgan fingerprint density at radius 1 is 1.47 bits per heavy atom. The standard InChI is InChI=1S/C9H16N2O4/c10-6-2-1-5(3-6)8(13)11-4-7(12)9(14)15/h5-7,12H,1-4,10H2,(H,11,13)(H,14,15). The van der Waals surface area contributed by atoms with Crippen molar-refractivity contribution in [2.24, 2.45) is 11.7 Å². The molecule has 0 saturated heterocycles. The Labute approximate surface area is 87.5 Å². The van der Waals surface area contributed by atoms with Crippen molar-refractivity contribution in [1.82, 2.24) is 5.32 Å². The minimum absolute atomic E-state index is 0.0603. The van der Waals surface area contributed by atoms with E-state index in [1.807, 2.05) is 0 Å². The highest BCUT2D eigenvalue weighted by atomic mass is 16.4. The van der Waals surface area contributed by atoms with Crippen LogP contribution in [0.3, 0.4) is 0 Å². The van der Waals surface area contributed by atoms with E-state index in [1.165, 1.54) is 0 Å². The SMILES string of the molecule is NC1CCC(C(=O)NCC(O)C(=O)O)C1. The van der Waals surface area contributed by atoms with E-state index in [-0.39, 0.29) is 24.4 Å². The summed E-state index contributed by atoms with van der Waals surface area (Å²) in [5.74, 6) is -1.69. The average Bonchev–Trinajstić information content (AvgIpc) is 2.60. The smallest absolute Gasteiger partial charge is 0.334 e. The number of rotatable bonds is 4. The first-order valence-corrected chi connectivity index (χ1v) is 4.95. The number of hydrogen-bond donors (Lipinski definition) is 4. The molecule has 0 aromatic rings. The number of carbonyl (C=O) groups is 2. The van der Waals surface area contributed by atoms with Crippen LogP contribution in [0.15, 0.2) is 0 Å². The third-order valence-electron chi connectivity index (χ3n) is 2.60. The first-order chi connectivity index (χ1) is 7.00. The molecular formula is C9H16N2O4. The van der Waals surface area contributed by atoms with Gasteiger partial charge >= 0.3 is 5.97 Å². The molecule has 1 rings (SSSR count). The van der Waals surface area contributed by atoms with Gasteiger partial charge in [0.15, 0.2) is 6.10 Å². The van der Waals surface area contributed by atoms with Crippen LogP contribution in [0.5, 0.6) is 0 Å². The van der Waals surface area contributed by atoms with E-state index in [1.54, 1.807) is 0 Å². The minimum atomic E-state index is -1.54. The number of nitrogens with two attached hydrogens (primary N) is 1. The van der Waals surface area contributed by atoms with Crippen molar-refractivity contribution in [3.63, 3.8) is 0 Å². The first-order valence-electron chi connectivity index (χ1n) is 4.95. The molecule has 0 spiro atoms. The van der Waals surface area contributed by atoms with Crippen molar-refractivity contribution in [3.8, 4) is 0 Å². The van der Waals surface area contributed by atoms with Gasteiger partial charge in [-0.2, -0.15) is 0 Å². The molecule has 0 aromatic carbocycles. The Kier molecular flexibility index (Phi) is 4.05. The third kappa shape index (κ3) is 3.49. The van der Waals surface area contributed by atoms with Gasteiger partial charge in [-0.25, -0.2) is 4.79 Å². The zero-order chi connectivity index (χ0) is 11.4. The Morgan fingerprint density at radius 2 is 2.13 bits per heavy atom. The molecule has 6 heteroatoms. The second-order valence-corrected chi connectivity index (χ2v) is 3.87. The number of aliphatic hydroxyl groups is 1. The van der Waals surface area contributed by atoms with E-state index in [4.69, 9.17) is 15.9 Å². The highest BCUT2D eigenvalue weighted by molar-refractivity contribution is 5.80. The lowest BCUT2D eigenvalue weighted by molar-refractivity contribution is -0.146. The van der Waals surface area contributed by atoms with Gasteiger partial charge in [-0.15, -0.1) is 0 Å². The molecule has 1 amide bonds. The van der Waals surface area contributed by atoms with Gasteiger partial charge < -0.3 is 21.3 Å². The second-order valence-electron chi connectivity index (χ2n) is 3.87. The van der Waals surface area contributed by atoms with Crippen molar-refractivity contribution >= 4 is 11.9 Å². The van der Waals surface area contributed by atoms with Crippen molar-refractivity contribution in [1.29, 1.82) is 0 Å². The van der Waals surface area contributed by atoms with E-state index < -0.39 is 12.1 Å². The van der Waals surface area contributed by atoms with Gasteiger partial charge in [0, 0.05) is 12.0 Å². The Morgan fingerprint density at radius 3 is 2.60 bits per heavy atom. The van der Waals surface area contributed by atoms with E-state index in [9.17, 15) is 9.59 Å². The number of carboxylic acids is 1. The van der Waals surface area contributed by atoms with Crippen molar-refractivity contribution in [2.75, 3.05) is 6.54 Å². The maximum atomic E-state index is 11.4. The summed E-state index contributed by atoms with van der Waals surface area (Å²) in [6.07, 6.45) is 0.647. The fraction of sp³-hybridized carbons (Fsp3) is 0.778. The lowest BCUT2D eigenvalue weighted by atomic mass is 10.1. The number of hydrogen-bond acceptors (Lipinski definition) is 4. The fourth-order valence-electron chi connectivity index (χ4n) is 1.68. The average molecular weight is 216 g/mol. The van der Waals surface area contributed by atoms with Crippen LogP contribution in [-0.2, 0) is 9.59 Å². The van der Waals surface area contributed by atoms with Crippen LogP contribution in [0.4, 0.5) is 0 Å². The molecule has 0 aliphatic heterocycles. The normalized spacial score (nSPS) is 27.3. The third-order valence-corrected chi connectivity index (χ3v) is 2.60. The molecule has 0 heterocycles. The van der Waals surface area contributed by atoms with Gasteiger partial charge in [-0.3, -0.25) is 4.79 Å². The van der Waals surface area contributed by atoms with Crippen molar-refractivity contribution < 1.29 is 19.8 Å². The summed E-state index contributed by atoms with van der Waals surface area (Å²) < 4.78 is 0. The van der Waals surface area contributed by atoms with Crippen molar-refractivity contribution in [2.45, 2.75) is 31.4 Å². The zero-order valence-electron chi connectivity index (χ0n) is 8.35.